The van der Waals surface area contributed by atoms with Crippen LogP contribution in [0, 0.1) is 0 Å². The van der Waals surface area contributed by atoms with Crippen LogP contribution in [-0.4, -0.2) is 70.2 Å². The molecule has 31 heavy (non-hydrogen) atoms. The van der Waals surface area contributed by atoms with Crippen molar-refractivity contribution in [3.63, 3.8) is 0 Å². The van der Waals surface area contributed by atoms with Gasteiger partial charge in [-0.05, 0) is 37.1 Å². The number of nitrogens with zero attached hydrogens (tertiary/aromatic N) is 4. The highest BCUT2D eigenvalue weighted by atomic mass is 16.3. The SMILES string of the molecule is O=C(CN1CCN(C(=O)c2cc(-c3ccco3)nn2-c2ccccc2)CC1)NC1CC1. The van der Waals surface area contributed by atoms with Crippen LogP contribution in [0.1, 0.15) is 23.3 Å². The smallest absolute Gasteiger partial charge is 0.272 e. The molecular weight excluding hydrogens is 394 g/mol. The van der Waals surface area contributed by atoms with Crippen LogP contribution in [0.4, 0.5) is 0 Å². The molecule has 1 saturated carbocycles. The Bertz CT molecular complexity index is 1050. The predicted octanol–water partition coefficient (Wildman–Crippen LogP) is 2.17. The van der Waals surface area contributed by atoms with Crippen LogP contribution in [0.15, 0.2) is 59.2 Å². The fourth-order valence-electron chi connectivity index (χ4n) is 3.82. The van der Waals surface area contributed by atoms with E-state index in [2.05, 4.69) is 15.3 Å². The number of furan rings is 1. The summed E-state index contributed by atoms with van der Waals surface area (Å²) in [5.41, 5.74) is 1.93. The molecule has 8 nitrogen and oxygen atoms in total. The van der Waals surface area contributed by atoms with E-state index in [1.807, 2.05) is 41.3 Å². The van der Waals surface area contributed by atoms with Crippen molar-refractivity contribution >= 4 is 11.8 Å². The lowest BCUT2D eigenvalue weighted by Crippen LogP contribution is -2.51. The molecule has 3 heterocycles. The van der Waals surface area contributed by atoms with Gasteiger partial charge >= 0.3 is 0 Å². The Morgan fingerprint density at radius 2 is 1.81 bits per heavy atom. The van der Waals surface area contributed by atoms with Crippen molar-refractivity contribution in [3.05, 3.63) is 60.5 Å². The zero-order valence-corrected chi connectivity index (χ0v) is 17.2. The van der Waals surface area contributed by atoms with Gasteiger partial charge in [-0.1, -0.05) is 18.2 Å². The van der Waals surface area contributed by atoms with Crippen LogP contribution in [-0.2, 0) is 4.79 Å². The van der Waals surface area contributed by atoms with Gasteiger partial charge < -0.3 is 14.6 Å². The summed E-state index contributed by atoms with van der Waals surface area (Å²) < 4.78 is 7.16. The molecule has 0 unspecified atom stereocenters. The molecule has 5 rings (SSSR count). The van der Waals surface area contributed by atoms with E-state index in [4.69, 9.17) is 4.42 Å². The second-order valence-corrected chi connectivity index (χ2v) is 8.05. The number of carbonyl (C=O) groups excluding carboxylic acids is 2. The molecule has 8 heteroatoms. The number of carbonyl (C=O) groups is 2. The fraction of sp³-hybridized carbons (Fsp3) is 0.348. The first-order chi connectivity index (χ1) is 15.2. The quantitative estimate of drug-likeness (QED) is 0.662. The number of amides is 2. The summed E-state index contributed by atoms with van der Waals surface area (Å²) in [7, 11) is 0. The van der Waals surface area contributed by atoms with Crippen molar-refractivity contribution in [1.29, 1.82) is 0 Å². The molecule has 0 radical (unpaired) electrons. The number of aromatic nitrogens is 2. The molecule has 2 fully saturated rings. The Kier molecular flexibility index (Phi) is 5.30. The van der Waals surface area contributed by atoms with Gasteiger partial charge in [0.05, 0.1) is 18.5 Å². The summed E-state index contributed by atoms with van der Waals surface area (Å²) >= 11 is 0. The minimum absolute atomic E-state index is 0.0729. The average molecular weight is 419 g/mol. The zero-order valence-electron chi connectivity index (χ0n) is 17.2. The molecule has 2 amide bonds. The van der Waals surface area contributed by atoms with E-state index in [-0.39, 0.29) is 11.8 Å². The topological polar surface area (TPSA) is 83.6 Å². The number of hydrogen-bond donors (Lipinski definition) is 1. The highest BCUT2D eigenvalue weighted by Crippen LogP contribution is 2.23. The summed E-state index contributed by atoms with van der Waals surface area (Å²) in [6.07, 6.45) is 3.77. The van der Waals surface area contributed by atoms with E-state index in [0.29, 0.717) is 55.9 Å². The van der Waals surface area contributed by atoms with Gasteiger partial charge in [-0.3, -0.25) is 14.5 Å². The third-order valence-electron chi connectivity index (χ3n) is 5.67. The number of rotatable bonds is 6. The molecule has 3 aromatic rings. The standard InChI is InChI=1S/C23H25N5O3/c29-22(24-17-8-9-17)16-26-10-12-27(13-11-26)23(30)20-15-19(21-7-4-14-31-21)25-28(20)18-5-2-1-3-6-18/h1-7,14-15,17H,8-13,16H2,(H,24,29). The first-order valence-corrected chi connectivity index (χ1v) is 10.7. The highest BCUT2D eigenvalue weighted by Gasteiger charge is 2.28. The molecule has 1 aliphatic heterocycles. The van der Waals surface area contributed by atoms with Crippen LogP contribution in [0.25, 0.3) is 17.1 Å². The van der Waals surface area contributed by atoms with Crippen LogP contribution in [0.2, 0.25) is 0 Å². The lowest BCUT2D eigenvalue weighted by Gasteiger charge is -2.34. The molecule has 1 aromatic carbocycles. The third kappa shape index (κ3) is 4.39. The molecule has 1 N–H and O–H groups in total. The largest absolute Gasteiger partial charge is 0.463 e. The third-order valence-corrected chi connectivity index (χ3v) is 5.67. The number of nitrogens with one attached hydrogen (secondary N) is 1. The number of para-hydroxylation sites is 1. The molecule has 1 saturated heterocycles. The summed E-state index contributed by atoms with van der Waals surface area (Å²) in [5.74, 6) is 0.624. The second kappa shape index (κ2) is 8.39. The summed E-state index contributed by atoms with van der Waals surface area (Å²) in [4.78, 5) is 29.4. The Labute approximate surface area is 180 Å². The minimum atomic E-state index is -0.0729. The predicted molar refractivity (Wildman–Crippen MR) is 115 cm³/mol. The highest BCUT2D eigenvalue weighted by molar-refractivity contribution is 5.94. The summed E-state index contributed by atoms with van der Waals surface area (Å²) in [5, 5.41) is 7.66. The zero-order chi connectivity index (χ0) is 21.2. The first kappa shape index (κ1) is 19.6. The molecule has 2 aliphatic rings. The van der Waals surface area contributed by atoms with Gasteiger partial charge in [0, 0.05) is 38.3 Å². The van der Waals surface area contributed by atoms with Crippen LogP contribution in [0.3, 0.4) is 0 Å². The molecule has 0 spiro atoms. The van der Waals surface area contributed by atoms with Crippen LogP contribution in [0.5, 0.6) is 0 Å². The Hall–Kier alpha value is -3.39. The van der Waals surface area contributed by atoms with Crippen molar-refractivity contribution in [1.82, 2.24) is 24.9 Å². The number of hydrogen-bond acceptors (Lipinski definition) is 5. The Balaban J connectivity index is 1.31. The maximum Gasteiger partial charge on any atom is 0.272 e. The Morgan fingerprint density at radius 3 is 2.48 bits per heavy atom. The van der Waals surface area contributed by atoms with Gasteiger partial charge in [0.2, 0.25) is 5.91 Å². The molecule has 0 atom stereocenters. The van der Waals surface area contributed by atoms with Crippen molar-refractivity contribution < 1.29 is 14.0 Å². The maximum absolute atomic E-state index is 13.4. The van der Waals surface area contributed by atoms with Gasteiger partial charge in [0.1, 0.15) is 11.4 Å². The van der Waals surface area contributed by atoms with E-state index < -0.39 is 0 Å². The van der Waals surface area contributed by atoms with Crippen molar-refractivity contribution in [3.8, 4) is 17.1 Å². The van der Waals surface area contributed by atoms with E-state index in [1.165, 1.54) is 0 Å². The van der Waals surface area contributed by atoms with E-state index >= 15 is 0 Å². The van der Waals surface area contributed by atoms with E-state index in [1.54, 1.807) is 23.1 Å². The normalized spacial score (nSPS) is 17.0. The second-order valence-electron chi connectivity index (χ2n) is 8.05. The average Bonchev–Trinajstić information content (AvgIpc) is 3.27. The van der Waals surface area contributed by atoms with E-state index in [0.717, 1.165) is 18.5 Å². The van der Waals surface area contributed by atoms with E-state index in [9.17, 15) is 9.59 Å². The summed E-state index contributed by atoms with van der Waals surface area (Å²) in [6.45, 7) is 2.89. The maximum atomic E-state index is 13.4. The number of benzene rings is 1. The van der Waals surface area contributed by atoms with Gasteiger partial charge in [-0.25, -0.2) is 4.68 Å². The lowest BCUT2D eigenvalue weighted by atomic mass is 10.2. The molecule has 1 aliphatic carbocycles. The van der Waals surface area contributed by atoms with Crippen molar-refractivity contribution in [2.75, 3.05) is 32.7 Å². The first-order valence-electron chi connectivity index (χ1n) is 10.7. The molecule has 2 aromatic heterocycles. The Morgan fingerprint density at radius 1 is 1.03 bits per heavy atom. The lowest BCUT2D eigenvalue weighted by molar-refractivity contribution is -0.122. The van der Waals surface area contributed by atoms with Gasteiger partial charge in [0.15, 0.2) is 5.76 Å². The van der Waals surface area contributed by atoms with Crippen molar-refractivity contribution in [2.45, 2.75) is 18.9 Å². The van der Waals surface area contributed by atoms with Crippen LogP contribution < -0.4 is 5.32 Å². The fourth-order valence-corrected chi connectivity index (χ4v) is 3.82. The van der Waals surface area contributed by atoms with Gasteiger partial charge in [-0.15, -0.1) is 0 Å². The van der Waals surface area contributed by atoms with Crippen molar-refractivity contribution in [2.24, 2.45) is 0 Å². The monoisotopic (exact) mass is 419 g/mol. The molecule has 0 bridgehead atoms. The van der Waals surface area contributed by atoms with Gasteiger partial charge in [-0.2, -0.15) is 5.10 Å². The summed E-state index contributed by atoms with van der Waals surface area (Å²) in [6, 6.07) is 15.4. The molecule has 160 valence electrons. The number of piperazine rings is 1. The van der Waals surface area contributed by atoms with Crippen LogP contribution >= 0.6 is 0 Å². The minimum Gasteiger partial charge on any atom is -0.463 e. The molecular formula is C23H25N5O3. The van der Waals surface area contributed by atoms with Gasteiger partial charge in [0.25, 0.3) is 5.91 Å².